The predicted molar refractivity (Wildman–Crippen MR) is 131 cm³/mol. The molecule has 4 heteroatoms. The van der Waals surface area contributed by atoms with Crippen molar-refractivity contribution in [3.8, 4) is 0 Å². The van der Waals surface area contributed by atoms with E-state index in [1.165, 1.54) is 25.7 Å². The van der Waals surface area contributed by atoms with Crippen molar-refractivity contribution in [1.82, 2.24) is 0 Å². The summed E-state index contributed by atoms with van der Waals surface area (Å²) in [4.78, 5) is 0. The van der Waals surface area contributed by atoms with Gasteiger partial charge in [-0.05, 0) is 118 Å². The van der Waals surface area contributed by atoms with Crippen LogP contribution in [0.4, 0.5) is 0 Å². The number of rotatable bonds is 5. The predicted octanol–water partition coefficient (Wildman–Crippen LogP) is 5.31. The van der Waals surface area contributed by atoms with Gasteiger partial charge in [-0.15, -0.1) is 0 Å². The zero-order chi connectivity index (χ0) is 24.0. The molecule has 1 aliphatic heterocycles. The minimum atomic E-state index is -1.05. The van der Waals surface area contributed by atoms with Crippen LogP contribution in [0.3, 0.4) is 0 Å². The average Bonchev–Trinajstić information content (AvgIpc) is 3.30. The van der Waals surface area contributed by atoms with Crippen LogP contribution in [0.1, 0.15) is 99.3 Å². The van der Waals surface area contributed by atoms with Gasteiger partial charge in [-0.2, -0.15) is 0 Å². The highest BCUT2D eigenvalue weighted by molar-refractivity contribution is 5.49. The number of hydrogen-bond acceptors (Lipinski definition) is 4. The second-order valence-corrected chi connectivity index (χ2v) is 13.3. The molecule has 1 heterocycles. The first-order valence-corrected chi connectivity index (χ1v) is 13.5. The molecule has 1 saturated heterocycles. The highest BCUT2D eigenvalue weighted by Gasteiger charge is 2.67. The van der Waals surface area contributed by atoms with Crippen LogP contribution in [0.5, 0.6) is 0 Å². The Kier molecular flexibility index (Phi) is 5.58. The summed E-state index contributed by atoms with van der Waals surface area (Å²) in [5.74, 6) is 1.51. The monoisotopic (exact) mass is 458 g/mol. The third-order valence-corrected chi connectivity index (χ3v) is 11.1. The van der Waals surface area contributed by atoms with Crippen molar-refractivity contribution in [3.63, 3.8) is 0 Å². The maximum absolute atomic E-state index is 11.2. The molecule has 0 bridgehead atoms. The molecule has 0 radical (unpaired) electrons. The van der Waals surface area contributed by atoms with E-state index < -0.39 is 17.3 Å². The summed E-state index contributed by atoms with van der Waals surface area (Å²) >= 11 is 0. The molecular weight excluding hydrogens is 412 g/mol. The van der Waals surface area contributed by atoms with Crippen molar-refractivity contribution in [3.05, 3.63) is 22.8 Å². The zero-order valence-corrected chi connectivity index (χ0v) is 21.7. The van der Waals surface area contributed by atoms with E-state index in [2.05, 4.69) is 26.8 Å². The Morgan fingerprint density at radius 1 is 1.15 bits per heavy atom. The molecule has 0 spiro atoms. The van der Waals surface area contributed by atoms with Gasteiger partial charge in [-0.25, -0.2) is 0 Å². The molecule has 4 unspecified atom stereocenters. The zero-order valence-electron chi connectivity index (χ0n) is 21.7. The smallest absolute Gasteiger partial charge is 0.148 e. The second kappa shape index (κ2) is 7.66. The average molecular weight is 459 g/mol. The molecule has 5 aliphatic rings. The molecule has 0 aromatic carbocycles. The third kappa shape index (κ3) is 3.37. The lowest BCUT2D eigenvalue weighted by atomic mass is 9.51. The van der Waals surface area contributed by atoms with Crippen LogP contribution >= 0.6 is 0 Å². The van der Waals surface area contributed by atoms with Crippen molar-refractivity contribution in [2.24, 2.45) is 28.6 Å². The molecule has 186 valence electrons. The van der Waals surface area contributed by atoms with Crippen LogP contribution in [-0.2, 0) is 4.74 Å². The fourth-order valence-corrected chi connectivity index (χ4v) is 9.08. The SMILES string of the molecule is CC1OC1(C(O)C[C@@H](C)[C@H]1CC=C2C3=C(CC[C@@]21C)[C@@]1(C)CC[C@H](O)CC1CC3)C(C)(C)O. The van der Waals surface area contributed by atoms with Gasteiger partial charge in [-0.1, -0.05) is 32.4 Å². The maximum atomic E-state index is 11.2. The topological polar surface area (TPSA) is 73.2 Å². The minimum absolute atomic E-state index is 0.105. The second-order valence-electron chi connectivity index (χ2n) is 13.3. The standard InChI is InChI=1S/C29H46O4/c1-17(15-25(31)29(18(2)33-29)26(3,4)32)22-9-10-23-21-8-7-19-16-20(30)11-13-27(19,5)24(21)12-14-28(22,23)6/h10,17-20,22,25,30-32H,7-9,11-16H2,1-6H3/t17-,18?,19?,20+,22-,25?,27+,28-,29?/m1/s1. The summed E-state index contributed by atoms with van der Waals surface area (Å²) in [6.07, 6.45) is 11.2. The van der Waals surface area contributed by atoms with E-state index in [-0.39, 0.29) is 23.0 Å². The van der Waals surface area contributed by atoms with Crippen LogP contribution in [0.2, 0.25) is 0 Å². The van der Waals surface area contributed by atoms with Crippen LogP contribution in [0.15, 0.2) is 22.8 Å². The lowest BCUT2D eigenvalue weighted by Gasteiger charge is -2.54. The van der Waals surface area contributed by atoms with E-state index >= 15 is 0 Å². The molecule has 1 saturated carbocycles. The van der Waals surface area contributed by atoms with Crippen molar-refractivity contribution in [2.45, 2.75) is 129 Å². The first-order chi connectivity index (χ1) is 15.3. The maximum Gasteiger partial charge on any atom is 0.148 e. The van der Waals surface area contributed by atoms with Gasteiger partial charge in [0.2, 0.25) is 0 Å². The van der Waals surface area contributed by atoms with Crippen LogP contribution in [0.25, 0.3) is 0 Å². The molecule has 9 atom stereocenters. The van der Waals surface area contributed by atoms with Crippen LogP contribution in [-0.4, -0.2) is 44.8 Å². The van der Waals surface area contributed by atoms with E-state index in [1.807, 2.05) is 6.92 Å². The highest BCUT2D eigenvalue weighted by atomic mass is 16.6. The van der Waals surface area contributed by atoms with Crippen molar-refractivity contribution >= 4 is 0 Å². The van der Waals surface area contributed by atoms with Gasteiger partial charge < -0.3 is 20.1 Å². The van der Waals surface area contributed by atoms with Gasteiger partial charge in [0.15, 0.2) is 0 Å². The summed E-state index contributed by atoms with van der Waals surface area (Å²) in [7, 11) is 0. The Morgan fingerprint density at radius 2 is 1.85 bits per heavy atom. The molecular formula is C29H46O4. The van der Waals surface area contributed by atoms with E-state index in [4.69, 9.17) is 4.74 Å². The molecule has 0 aromatic rings. The highest BCUT2D eigenvalue weighted by Crippen LogP contribution is 2.64. The molecule has 33 heavy (non-hydrogen) atoms. The first kappa shape index (κ1) is 24.0. The summed E-state index contributed by atoms with van der Waals surface area (Å²) < 4.78 is 5.83. The number of epoxide rings is 1. The van der Waals surface area contributed by atoms with E-state index in [0.717, 1.165) is 25.7 Å². The van der Waals surface area contributed by atoms with E-state index in [1.54, 1.807) is 30.6 Å². The molecule has 5 rings (SSSR count). The summed E-state index contributed by atoms with van der Waals surface area (Å²) in [6, 6.07) is 0. The summed E-state index contributed by atoms with van der Waals surface area (Å²) in [5, 5.41) is 32.2. The number of aliphatic hydroxyl groups excluding tert-OH is 2. The normalized spacial score (nSPS) is 46.8. The molecule has 0 amide bonds. The Morgan fingerprint density at radius 3 is 2.48 bits per heavy atom. The summed E-state index contributed by atoms with van der Waals surface area (Å²) in [6.45, 7) is 12.7. The molecule has 4 nitrogen and oxygen atoms in total. The third-order valence-electron chi connectivity index (χ3n) is 11.1. The van der Waals surface area contributed by atoms with E-state index in [0.29, 0.717) is 24.2 Å². The Bertz CT molecular complexity index is 867. The first-order valence-electron chi connectivity index (χ1n) is 13.5. The number of hydrogen-bond donors (Lipinski definition) is 3. The van der Waals surface area contributed by atoms with Gasteiger partial charge in [-0.3, -0.25) is 0 Å². The van der Waals surface area contributed by atoms with Crippen molar-refractivity contribution < 1.29 is 20.1 Å². The van der Waals surface area contributed by atoms with Gasteiger partial charge in [0, 0.05) is 0 Å². The van der Waals surface area contributed by atoms with Crippen LogP contribution < -0.4 is 0 Å². The Balaban J connectivity index is 1.36. The van der Waals surface area contributed by atoms with Gasteiger partial charge in [0.05, 0.1) is 23.9 Å². The molecule has 3 N–H and O–H groups in total. The van der Waals surface area contributed by atoms with Crippen molar-refractivity contribution in [1.29, 1.82) is 0 Å². The molecule has 0 aromatic heterocycles. The number of allylic oxidation sites excluding steroid dienone is 4. The lowest BCUT2D eigenvalue weighted by molar-refractivity contribution is -0.0774. The van der Waals surface area contributed by atoms with E-state index in [9.17, 15) is 15.3 Å². The largest absolute Gasteiger partial charge is 0.393 e. The van der Waals surface area contributed by atoms with Crippen LogP contribution in [0, 0.1) is 28.6 Å². The number of fused-ring (bicyclic) bond motifs is 4. The summed E-state index contributed by atoms with van der Waals surface area (Å²) in [5.41, 5.74) is 3.53. The Labute approximate surface area is 200 Å². The number of aliphatic hydroxyl groups is 3. The minimum Gasteiger partial charge on any atom is -0.393 e. The fraction of sp³-hybridized carbons (Fsp3) is 0.862. The quantitative estimate of drug-likeness (QED) is 0.489. The Hall–Kier alpha value is -0.680. The van der Waals surface area contributed by atoms with Crippen molar-refractivity contribution in [2.75, 3.05) is 0 Å². The molecule has 2 fully saturated rings. The molecule has 4 aliphatic carbocycles. The number of ether oxygens (including phenoxy) is 1. The van der Waals surface area contributed by atoms with Gasteiger partial charge >= 0.3 is 0 Å². The fourth-order valence-electron chi connectivity index (χ4n) is 9.08. The van der Waals surface area contributed by atoms with Gasteiger partial charge in [0.25, 0.3) is 0 Å². The van der Waals surface area contributed by atoms with Gasteiger partial charge in [0.1, 0.15) is 5.60 Å². The lowest BCUT2D eigenvalue weighted by Crippen LogP contribution is -2.51.